The fourth-order valence-electron chi connectivity index (χ4n) is 2.47. The van der Waals surface area contributed by atoms with Gasteiger partial charge < -0.3 is 16.0 Å². The summed E-state index contributed by atoms with van der Waals surface area (Å²) in [5.41, 5.74) is 0.640. The fourth-order valence-corrected chi connectivity index (χ4v) is 3.26. The molecule has 3 amide bonds. The summed E-state index contributed by atoms with van der Waals surface area (Å²) in [6, 6.07) is 7.43. The monoisotopic (exact) mass is 407 g/mol. The molecule has 2 rings (SSSR count). The van der Waals surface area contributed by atoms with Crippen molar-refractivity contribution in [3.05, 3.63) is 51.2 Å². The highest BCUT2D eigenvalue weighted by atomic mass is 35.5. The number of amides is 3. The molecule has 0 aliphatic rings. The van der Waals surface area contributed by atoms with E-state index in [-0.39, 0.29) is 17.7 Å². The van der Waals surface area contributed by atoms with E-state index < -0.39 is 11.9 Å². The third-order valence-electron chi connectivity index (χ3n) is 3.80. The van der Waals surface area contributed by atoms with E-state index in [1.807, 2.05) is 13.8 Å². The molecule has 27 heavy (non-hydrogen) atoms. The molecule has 0 aliphatic carbocycles. The molecule has 0 saturated carbocycles. The van der Waals surface area contributed by atoms with Gasteiger partial charge in [0.2, 0.25) is 5.91 Å². The van der Waals surface area contributed by atoms with Gasteiger partial charge in [-0.1, -0.05) is 31.5 Å². The highest BCUT2D eigenvalue weighted by molar-refractivity contribution is 7.12. The average molecular weight is 408 g/mol. The van der Waals surface area contributed by atoms with Crippen LogP contribution in [0, 0.1) is 5.92 Å². The molecule has 3 N–H and O–H groups in total. The molecular formula is C19H22ClN3O3S. The van der Waals surface area contributed by atoms with Crippen LogP contribution in [0.5, 0.6) is 0 Å². The van der Waals surface area contributed by atoms with Gasteiger partial charge in [0.15, 0.2) is 0 Å². The van der Waals surface area contributed by atoms with Crippen LogP contribution in [-0.4, -0.2) is 30.8 Å². The first kappa shape index (κ1) is 20.9. The smallest absolute Gasteiger partial charge is 0.265 e. The zero-order chi connectivity index (χ0) is 20.0. The van der Waals surface area contributed by atoms with Crippen molar-refractivity contribution in [1.29, 1.82) is 0 Å². The maximum absolute atomic E-state index is 12.6. The number of anilines is 1. The molecule has 0 spiro atoms. The molecule has 0 radical (unpaired) electrons. The lowest BCUT2D eigenvalue weighted by Gasteiger charge is -2.19. The van der Waals surface area contributed by atoms with Crippen LogP contribution in [0.25, 0.3) is 0 Å². The standard InChI is InChI=1S/C19H22ClN3O3S/c1-11(2)9-15(18(25)21-3)23-17(24)12-6-7-13(20)14(10-12)22-19(26)16-5-4-8-27-16/h4-8,10-11,15H,9H2,1-3H3,(H,21,25)(H,22,26)(H,23,24). The number of thiophene rings is 1. The van der Waals surface area contributed by atoms with Gasteiger partial charge in [0.05, 0.1) is 15.6 Å². The molecule has 8 heteroatoms. The van der Waals surface area contributed by atoms with E-state index in [9.17, 15) is 14.4 Å². The summed E-state index contributed by atoms with van der Waals surface area (Å²) in [5.74, 6) is -0.726. The normalized spacial score (nSPS) is 11.7. The summed E-state index contributed by atoms with van der Waals surface area (Å²) < 4.78 is 0. The number of halogens is 1. The number of hydrogen-bond donors (Lipinski definition) is 3. The molecule has 0 saturated heterocycles. The van der Waals surface area contributed by atoms with Crippen LogP contribution >= 0.6 is 22.9 Å². The quantitative estimate of drug-likeness (QED) is 0.655. The zero-order valence-corrected chi connectivity index (χ0v) is 16.9. The van der Waals surface area contributed by atoms with E-state index in [2.05, 4.69) is 16.0 Å². The van der Waals surface area contributed by atoms with Crippen molar-refractivity contribution < 1.29 is 14.4 Å². The second kappa shape index (κ2) is 9.53. The molecule has 144 valence electrons. The molecule has 1 unspecified atom stereocenters. The van der Waals surface area contributed by atoms with Gasteiger partial charge in [-0.3, -0.25) is 14.4 Å². The van der Waals surface area contributed by atoms with Crippen LogP contribution in [0.2, 0.25) is 5.02 Å². The first-order valence-corrected chi connectivity index (χ1v) is 9.74. The lowest BCUT2D eigenvalue weighted by atomic mass is 10.0. The molecule has 0 bridgehead atoms. The van der Waals surface area contributed by atoms with Crippen LogP contribution in [-0.2, 0) is 4.79 Å². The fraction of sp³-hybridized carbons (Fsp3) is 0.316. The van der Waals surface area contributed by atoms with Gasteiger partial charge in [0.25, 0.3) is 11.8 Å². The second-order valence-corrected chi connectivity index (χ2v) is 7.75. The van der Waals surface area contributed by atoms with Crippen LogP contribution in [0.4, 0.5) is 5.69 Å². The van der Waals surface area contributed by atoms with Gasteiger partial charge in [-0.05, 0) is 42.0 Å². The van der Waals surface area contributed by atoms with Crippen LogP contribution < -0.4 is 16.0 Å². The van der Waals surface area contributed by atoms with E-state index in [0.717, 1.165) is 0 Å². The van der Waals surface area contributed by atoms with Crippen LogP contribution in [0.1, 0.15) is 40.3 Å². The number of nitrogens with one attached hydrogen (secondary N) is 3. The first-order chi connectivity index (χ1) is 12.8. The number of hydrogen-bond acceptors (Lipinski definition) is 4. The maximum Gasteiger partial charge on any atom is 0.265 e. The Bertz CT molecular complexity index is 822. The molecule has 1 aromatic carbocycles. The average Bonchev–Trinajstić information content (AvgIpc) is 3.16. The van der Waals surface area contributed by atoms with Gasteiger partial charge in [-0.25, -0.2) is 0 Å². The number of carbonyl (C=O) groups excluding carboxylic acids is 3. The van der Waals surface area contributed by atoms with E-state index in [1.54, 1.807) is 23.6 Å². The Hall–Kier alpha value is -2.38. The van der Waals surface area contributed by atoms with Crippen molar-refractivity contribution in [3.8, 4) is 0 Å². The topological polar surface area (TPSA) is 87.3 Å². The largest absolute Gasteiger partial charge is 0.357 e. The van der Waals surface area contributed by atoms with Crippen LogP contribution in [0.15, 0.2) is 35.7 Å². The van der Waals surface area contributed by atoms with E-state index >= 15 is 0 Å². The summed E-state index contributed by atoms with van der Waals surface area (Å²) in [6.07, 6.45) is 0.515. The summed E-state index contributed by atoms with van der Waals surface area (Å²) in [4.78, 5) is 37.4. The summed E-state index contributed by atoms with van der Waals surface area (Å²) in [5, 5.41) is 10.1. The van der Waals surface area contributed by atoms with E-state index in [0.29, 0.717) is 27.6 Å². The van der Waals surface area contributed by atoms with Crippen molar-refractivity contribution in [2.24, 2.45) is 5.92 Å². The van der Waals surface area contributed by atoms with Crippen molar-refractivity contribution >= 4 is 46.3 Å². The molecule has 2 aromatic rings. The minimum absolute atomic E-state index is 0.235. The summed E-state index contributed by atoms with van der Waals surface area (Å²) >= 11 is 7.45. The van der Waals surface area contributed by atoms with Crippen LogP contribution in [0.3, 0.4) is 0 Å². The third-order valence-corrected chi connectivity index (χ3v) is 5.00. The van der Waals surface area contributed by atoms with Crippen molar-refractivity contribution in [2.75, 3.05) is 12.4 Å². The number of carbonyl (C=O) groups is 3. The molecule has 1 atom stereocenters. The van der Waals surface area contributed by atoms with Crippen molar-refractivity contribution in [1.82, 2.24) is 10.6 Å². The Morgan fingerprint density at radius 2 is 1.89 bits per heavy atom. The van der Waals surface area contributed by atoms with Gasteiger partial charge >= 0.3 is 0 Å². The van der Waals surface area contributed by atoms with E-state index in [1.165, 1.54) is 30.5 Å². The number of benzene rings is 1. The predicted molar refractivity (Wildman–Crippen MR) is 109 cm³/mol. The molecular weight excluding hydrogens is 386 g/mol. The molecule has 6 nitrogen and oxygen atoms in total. The van der Waals surface area contributed by atoms with Gasteiger partial charge in [-0.2, -0.15) is 0 Å². The first-order valence-electron chi connectivity index (χ1n) is 8.48. The Morgan fingerprint density at radius 1 is 1.15 bits per heavy atom. The Labute approximate surface area is 167 Å². The minimum atomic E-state index is -0.637. The Morgan fingerprint density at radius 3 is 2.48 bits per heavy atom. The summed E-state index contributed by atoms with van der Waals surface area (Å²) in [7, 11) is 1.53. The van der Waals surface area contributed by atoms with Gasteiger partial charge in [-0.15, -0.1) is 11.3 Å². The van der Waals surface area contributed by atoms with Crippen molar-refractivity contribution in [3.63, 3.8) is 0 Å². The van der Waals surface area contributed by atoms with E-state index in [4.69, 9.17) is 11.6 Å². The summed E-state index contributed by atoms with van der Waals surface area (Å²) in [6.45, 7) is 3.95. The molecule has 1 aromatic heterocycles. The Kier molecular flexibility index (Phi) is 7.38. The molecule has 0 aliphatic heterocycles. The highest BCUT2D eigenvalue weighted by Crippen LogP contribution is 2.24. The highest BCUT2D eigenvalue weighted by Gasteiger charge is 2.22. The predicted octanol–water partition coefficient (Wildman–Crippen LogP) is 3.54. The zero-order valence-electron chi connectivity index (χ0n) is 15.3. The molecule has 0 fully saturated rings. The molecule has 1 heterocycles. The van der Waals surface area contributed by atoms with Gasteiger partial charge in [0.1, 0.15) is 6.04 Å². The lowest BCUT2D eigenvalue weighted by Crippen LogP contribution is -2.46. The second-order valence-electron chi connectivity index (χ2n) is 6.40. The van der Waals surface area contributed by atoms with Crippen molar-refractivity contribution in [2.45, 2.75) is 26.3 Å². The van der Waals surface area contributed by atoms with Gasteiger partial charge in [0, 0.05) is 12.6 Å². The number of likely N-dealkylation sites (N-methyl/N-ethyl adjacent to an activating group) is 1. The lowest BCUT2D eigenvalue weighted by molar-refractivity contribution is -0.122. The number of rotatable bonds is 7. The third kappa shape index (κ3) is 5.80. The maximum atomic E-state index is 12.6. The Balaban J connectivity index is 2.16. The SMILES string of the molecule is CNC(=O)C(CC(C)C)NC(=O)c1ccc(Cl)c(NC(=O)c2cccs2)c1. The minimum Gasteiger partial charge on any atom is -0.357 e.